The highest BCUT2D eigenvalue weighted by Crippen LogP contribution is 2.34. The van der Waals surface area contributed by atoms with Crippen LogP contribution in [0.15, 0.2) is 24.5 Å². The Bertz CT molecular complexity index is 677. The summed E-state index contributed by atoms with van der Waals surface area (Å²) in [6.07, 6.45) is 1.14. The Kier molecular flexibility index (Phi) is 4.02. The first kappa shape index (κ1) is 14.3. The van der Waals surface area contributed by atoms with E-state index in [-0.39, 0.29) is 11.6 Å². The van der Waals surface area contributed by atoms with E-state index in [0.717, 1.165) is 6.33 Å². The minimum atomic E-state index is -0.645. The van der Waals surface area contributed by atoms with Crippen LogP contribution < -0.4 is 20.5 Å². The molecule has 1 aromatic carbocycles. The van der Waals surface area contributed by atoms with Gasteiger partial charge in [0.1, 0.15) is 17.8 Å². The predicted molar refractivity (Wildman–Crippen MR) is 75.9 cm³/mol. The zero-order chi connectivity index (χ0) is 15.4. The Morgan fingerprint density at radius 2 is 2.05 bits per heavy atom. The minimum Gasteiger partial charge on any atom is -0.497 e. The van der Waals surface area contributed by atoms with Gasteiger partial charge in [-0.2, -0.15) is 0 Å². The van der Waals surface area contributed by atoms with Crippen LogP contribution in [0, 0.1) is 10.1 Å². The number of nitro groups is 1. The van der Waals surface area contributed by atoms with Crippen LogP contribution in [0.1, 0.15) is 0 Å². The summed E-state index contributed by atoms with van der Waals surface area (Å²) in [6, 6.07) is 4.97. The Labute approximate surface area is 119 Å². The van der Waals surface area contributed by atoms with E-state index in [0.29, 0.717) is 17.2 Å². The summed E-state index contributed by atoms with van der Waals surface area (Å²) >= 11 is 0. The molecule has 9 nitrogen and oxygen atoms in total. The number of rotatable bonds is 5. The lowest BCUT2D eigenvalue weighted by atomic mass is 10.2. The number of aromatic nitrogens is 2. The molecule has 0 radical (unpaired) electrons. The summed E-state index contributed by atoms with van der Waals surface area (Å²) in [5.74, 6) is 0.802. The molecule has 0 atom stereocenters. The minimum absolute atomic E-state index is 0.0176. The Balaban J connectivity index is 2.43. The van der Waals surface area contributed by atoms with Crippen molar-refractivity contribution in [2.24, 2.45) is 0 Å². The summed E-state index contributed by atoms with van der Waals surface area (Å²) < 4.78 is 10.3. The standard InChI is InChI=1S/C12H13N5O4/c1-20-7-3-4-8(9(5-7)21-2)16-12-10(17(18)19)11(13)14-6-15-12/h3-6H,1-2H3,(H3,13,14,15,16). The quantitative estimate of drug-likeness (QED) is 0.630. The Morgan fingerprint density at radius 1 is 1.29 bits per heavy atom. The molecule has 0 aliphatic heterocycles. The van der Waals surface area contributed by atoms with Crippen molar-refractivity contribution in [3.63, 3.8) is 0 Å². The van der Waals surface area contributed by atoms with E-state index in [1.54, 1.807) is 18.2 Å². The van der Waals surface area contributed by atoms with E-state index in [1.165, 1.54) is 14.2 Å². The third kappa shape index (κ3) is 2.91. The Hall–Kier alpha value is -3.10. The average molecular weight is 291 g/mol. The molecule has 1 heterocycles. The van der Waals surface area contributed by atoms with Gasteiger partial charge in [0.2, 0.25) is 11.6 Å². The van der Waals surface area contributed by atoms with Crippen molar-refractivity contribution in [2.75, 3.05) is 25.3 Å². The van der Waals surface area contributed by atoms with Crippen LogP contribution in [-0.4, -0.2) is 29.1 Å². The van der Waals surface area contributed by atoms with Gasteiger partial charge in [0.25, 0.3) is 0 Å². The summed E-state index contributed by atoms with van der Waals surface area (Å²) in [5.41, 5.74) is 5.60. The lowest BCUT2D eigenvalue weighted by Crippen LogP contribution is -2.05. The molecular formula is C12H13N5O4. The molecule has 2 aromatic rings. The molecule has 21 heavy (non-hydrogen) atoms. The van der Waals surface area contributed by atoms with E-state index in [4.69, 9.17) is 15.2 Å². The van der Waals surface area contributed by atoms with Gasteiger partial charge in [-0.25, -0.2) is 9.97 Å². The number of methoxy groups -OCH3 is 2. The van der Waals surface area contributed by atoms with Crippen LogP contribution in [0.4, 0.5) is 23.0 Å². The molecule has 0 amide bonds. The van der Waals surface area contributed by atoms with Gasteiger partial charge in [0.15, 0.2) is 0 Å². The maximum absolute atomic E-state index is 11.0. The smallest absolute Gasteiger partial charge is 0.353 e. The molecule has 0 saturated heterocycles. The molecule has 1 aromatic heterocycles. The maximum Gasteiger partial charge on any atom is 0.353 e. The van der Waals surface area contributed by atoms with Gasteiger partial charge in [0, 0.05) is 6.07 Å². The highest BCUT2D eigenvalue weighted by molar-refractivity contribution is 5.75. The molecule has 0 unspecified atom stereocenters. The van der Waals surface area contributed by atoms with Gasteiger partial charge in [-0.3, -0.25) is 10.1 Å². The van der Waals surface area contributed by atoms with Crippen molar-refractivity contribution in [1.82, 2.24) is 9.97 Å². The third-order valence-corrected chi connectivity index (χ3v) is 2.69. The number of ether oxygens (including phenoxy) is 2. The second-order valence-corrected chi connectivity index (χ2v) is 3.90. The average Bonchev–Trinajstić information content (AvgIpc) is 2.47. The predicted octanol–water partition coefficient (Wildman–Crippen LogP) is 1.73. The zero-order valence-corrected chi connectivity index (χ0v) is 11.4. The van der Waals surface area contributed by atoms with Gasteiger partial charge in [-0.05, 0) is 12.1 Å². The summed E-state index contributed by atoms with van der Waals surface area (Å²) in [7, 11) is 3.00. The van der Waals surface area contributed by atoms with E-state index in [2.05, 4.69) is 15.3 Å². The number of hydrogen-bond acceptors (Lipinski definition) is 8. The molecule has 0 saturated carbocycles. The van der Waals surface area contributed by atoms with Crippen molar-refractivity contribution < 1.29 is 14.4 Å². The molecule has 0 aliphatic rings. The number of nitrogen functional groups attached to an aromatic ring is 1. The highest BCUT2D eigenvalue weighted by atomic mass is 16.6. The molecule has 9 heteroatoms. The number of benzene rings is 1. The van der Waals surface area contributed by atoms with Crippen molar-refractivity contribution in [1.29, 1.82) is 0 Å². The van der Waals surface area contributed by atoms with Crippen molar-refractivity contribution in [3.05, 3.63) is 34.6 Å². The van der Waals surface area contributed by atoms with Crippen LogP contribution in [0.3, 0.4) is 0 Å². The number of nitrogens with one attached hydrogen (secondary N) is 1. The molecule has 0 aliphatic carbocycles. The normalized spacial score (nSPS) is 10.0. The van der Waals surface area contributed by atoms with Gasteiger partial charge in [0.05, 0.1) is 24.8 Å². The van der Waals surface area contributed by atoms with Gasteiger partial charge < -0.3 is 20.5 Å². The SMILES string of the molecule is COc1ccc(Nc2ncnc(N)c2[N+](=O)[O-])c(OC)c1. The third-order valence-electron chi connectivity index (χ3n) is 2.69. The van der Waals surface area contributed by atoms with Gasteiger partial charge >= 0.3 is 5.69 Å². The molecule has 2 rings (SSSR count). The fourth-order valence-electron chi connectivity index (χ4n) is 1.69. The molecule has 0 fully saturated rings. The molecule has 3 N–H and O–H groups in total. The summed E-state index contributed by atoms with van der Waals surface area (Å²) in [6.45, 7) is 0. The fourth-order valence-corrected chi connectivity index (χ4v) is 1.69. The van der Waals surface area contributed by atoms with E-state index in [1.807, 2.05) is 0 Å². The number of anilines is 3. The maximum atomic E-state index is 11.0. The van der Waals surface area contributed by atoms with E-state index in [9.17, 15) is 10.1 Å². The first-order valence-corrected chi connectivity index (χ1v) is 5.80. The molecule has 110 valence electrons. The Morgan fingerprint density at radius 3 is 2.67 bits per heavy atom. The molecule has 0 spiro atoms. The van der Waals surface area contributed by atoms with Crippen molar-refractivity contribution in [2.45, 2.75) is 0 Å². The van der Waals surface area contributed by atoms with Crippen LogP contribution in [0.2, 0.25) is 0 Å². The number of nitrogens with two attached hydrogens (primary N) is 1. The fraction of sp³-hybridized carbons (Fsp3) is 0.167. The summed E-state index contributed by atoms with van der Waals surface area (Å²) in [5, 5.41) is 13.9. The van der Waals surface area contributed by atoms with E-state index >= 15 is 0 Å². The topological polar surface area (TPSA) is 125 Å². The molecular weight excluding hydrogens is 278 g/mol. The first-order valence-electron chi connectivity index (χ1n) is 5.80. The lowest BCUT2D eigenvalue weighted by molar-refractivity contribution is -0.383. The second kappa shape index (κ2) is 5.90. The van der Waals surface area contributed by atoms with Crippen LogP contribution in [0.5, 0.6) is 11.5 Å². The summed E-state index contributed by atoms with van der Waals surface area (Å²) in [4.78, 5) is 17.8. The largest absolute Gasteiger partial charge is 0.497 e. The molecule has 0 bridgehead atoms. The second-order valence-electron chi connectivity index (χ2n) is 3.90. The van der Waals surface area contributed by atoms with Crippen LogP contribution in [-0.2, 0) is 0 Å². The van der Waals surface area contributed by atoms with Crippen LogP contribution >= 0.6 is 0 Å². The first-order chi connectivity index (χ1) is 10.1. The highest BCUT2D eigenvalue weighted by Gasteiger charge is 2.21. The van der Waals surface area contributed by atoms with Gasteiger partial charge in [-0.1, -0.05) is 0 Å². The van der Waals surface area contributed by atoms with Crippen molar-refractivity contribution in [3.8, 4) is 11.5 Å². The van der Waals surface area contributed by atoms with Crippen LogP contribution in [0.25, 0.3) is 0 Å². The van der Waals surface area contributed by atoms with Gasteiger partial charge in [-0.15, -0.1) is 0 Å². The number of nitrogens with zero attached hydrogens (tertiary/aromatic N) is 3. The van der Waals surface area contributed by atoms with E-state index < -0.39 is 10.6 Å². The van der Waals surface area contributed by atoms with Crippen molar-refractivity contribution >= 4 is 23.0 Å². The monoisotopic (exact) mass is 291 g/mol. The zero-order valence-electron chi connectivity index (χ0n) is 11.4. The number of hydrogen-bond donors (Lipinski definition) is 2. The lowest BCUT2D eigenvalue weighted by Gasteiger charge is -2.12.